The lowest BCUT2D eigenvalue weighted by molar-refractivity contribution is 0.147. The van der Waals surface area contributed by atoms with E-state index in [1.807, 2.05) is 24.3 Å². The van der Waals surface area contributed by atoms with Crippen molar-refractivity contribution >= 4 is 11.6 Å². The Kier molecular flexibility index (Phi) is 6.30. The molecule has 0 spiro atoms. The van der Waals surface area contributed by atoms with E-state index >= 15 is 0 Å². The molecule has 112 valence electrons. The highest BCUT2D eigenvalue weighted by molar-refractivity contribution is 6.31. The highest BCUT2D eigenvalue weighted by Gasteiger charge is 2.22. The van der Waals surface area contributed by atoms with E-state index in [2.05, 4.69) is 4.90 Å². The van der Waals surface area contributed by atoms with Crippen LogP contribution in [0, 0.1) is 0 Å². The van der Waals surface area contributed by atoms with Crippen molar-refractivity contribution in [2.45, 2.75) is 44.2 Å². The van der Waals surface area contributed by atoms with Gasteiger partial charge in [-0.1, -0.05) is 42.6 Å². The summed E-state index contributed by atoms with van der Waals surface area (Å²) in [4.78, 5) is 2.39. The third kappa shape index (κ3) is 4.19. The molecule has 1 aliphatic carbocycles. The Hall–Kier alpha value is -0.610. The summed E-state index contributed by atoms with van der Waals surface area (Å²) in [5.74, 6) is 0. The van der Waals surface area contributed by atoms with E-state index in [4.69, 9.17) is 17.3 Å². The molecule has 20 heavy (non-hydrogen) atoms. The number of hydrogen-bond donors (Lipinski definition) is 2. The van der Waals surface area contributed by atoms with Gasteiger partial charge in [0.05, 0.1) is 6.61 Å². The van der Waals surface area contributed by atoms with Crippen LogP contribution in [0.3, 0.4) is 0 Å². The molecule has 1 aromatic carbocycles. The van der Waals surface area contributed by atoms with Gasteiger partial charge in [-0.15, -0.1) is 0 Å². The van der Waals surface area contributed by atoms with Crippen LogP contribution in [0.4, 0.5) is 0 Å². The number of aliphatic hydroxyl groups is 1. The van der Waals surface area contributed by atoms with Crippen LogP contribution < -0.4 is 5.73 Å². The van der Waals surface area contributed by atoms with E-state index in [1.165, 1.54) is 25.7 Å². The van der Waals surface area contributed by atoms with E-state index in [-0.39, 0.29) is 12.6 Å². The Balaban J connectivity index is 1.89. The molecule has 0 saturated heterocycles. The predicted molar refractivity (Wildman–Crippen MR) is 83.9 cm³/mol. The van der Waals surface area contributed by atoms with Gasteiger partial charge in [-0.2, -0.15) is 0 Å². The van der Waals surface area contributed by atoms with Crippen molar-refractivity contribution < 1.29 is 5.11 Å². The Morgan fingerprint density at radius 1 is 1.25 bits per heavy atom. The number of benzene rings is 1. The zero-order chi connectivity index (χ0) is 14.4. The maximum absolute atomic E-state index is 9.23. The molecule has 1 saturated carbocycles. The number of rotatable bonds is 7. The maximum Gasteiger partial charge on any atom is 0.0558 e. The van der Waals surface area contributed by atoms with E-state index in [0.717, 1.165) is 30.1 Å². The Bertz CT molecular complexity index is 407. The Morgan fingerprint density at radius 2 is 1.95 bits per heavy atom. The smallest absolute Gasteiger partial charge is 0.0558 e. The molecule has 3 N–H and O–H groups in total. The zero-order valence-corrected chi connectivity index (χ0v) is 12.7. The lowest BCUT2D eigenvalue weighted by Gasteiger charge is -2.29. The number of hydrogen-bond acceptors (Lipinski definition) is 3. The summed E-state index contributed by atoms with van der Waals surface area (Å²) < 4.78 is 0. The average Bonchev–Trinajstić information content (AvgIpc) is 2.97. The van der Waals surface area contributed by atoms with Gasteiger partial charge in [0.2, 0.25) is 0 Å². The quantitative estimate of drug-likeness (QED) is 0.813. The molecule has 0 heterocycles. The van der Waals surface area contributed by atoms with Crippen LogP contribution in [0.25, 0.3) is 0 Å². The third-order valence-electron chi connectivity index (χ3n) is 4.26. The highest BCUT2D eigenvalue weighted by Crippen LogP contribution is 2.26. The number of nitrogens with two attached hydrogens (primary N) is 1. The predicted octanol–water partition coefficient (Wildman–Crippen LogP) is 2.97. The second kappa shape index (κ2) is 7.99. The first-order chi connectivity index (χ1) is 9.72. The molecule has 2 rings (SSSR count). The van der Waals surface area contributed by atoms with Crippen LogP contribution in [0.5, 0.6) is 0 Å². The van der Waals surface area contributed by atoms with Crippen molar-refractivity contribution in [1.29, 1.82) is 0 Å². The minimum atomic E-state index is -0.0358. The minimum Gasteiger partial charge on any atom is -0.395 e. The second-order valence-electron chi connectivity index (χ2n) is 5.61. The van der Waals surface area contributed by atoms with Gasteiger partial charge in [-0.25, -0.2) is 0 Å². The van der Waals surface area contributed by atoms with Gasteiger partial charge in [0, 0.05) is 30.2 Å². The van der Waals surface area contributed by atoms with Gasteiger partial charge in [-0.05, 0) is 30.9 Å². The number of nitrogens with zero attached hydrogens (tertiary/aromatic N) is 1. The Labute approximate surface area is 126 Å². The summed E-state index contributed by atoms with van der Waals surface area (Å²) in [6.07, 6.45) is 6.00. The molecular formula is C16H25ClN2O. The van der Waals surface area contributed by atoms with E-state index in [1.54, 1.807) is 0 Å². The van der Waals surface area contributed by atoms with Crippen LogP contribution >= 0.6 is 11.6 Å². The van der Waals surface area contributed by atoms with Gasteiger partial charge in [-0.3, -0.25) is 4.90 Å². The largest absolute Gasteiger partial charge is 0.395 e. The second-order valence-corrected chi connectivity index (χ2v) is 6.02. The summed E-state index contributed by atoms with van der Waals surface area (Å²) in [6, 6.07) is 8.38. The first-order valence-corrected chi connectivity index (χ1v) is 7.95. The van der Waals surface area contributed by atoms with Crippen LogP contribution in [0.2, 0.25) is 5.02 Å². The minimum absolute atomic E-state index is 0.0358. The van der Waals surface area contributed by atoms with Gasteiger partial charge < -0.3 is 10.8 Å². The summed E-state index contributed by atoms with van der Waals surface area (Å²) in [5.41, 5.74) is 7.28. The van der Waals surface area contributed by atoms with Gasteiger partial charge in [0.25, 0.3) is 0 Å². The topological polar surface area (TPSA) is 49.5 Å². The van der Waals surface area contributed by atoms with Crippen LogP contribution in [0.1, 0.15) is 43.7 Å². The molecule has 0 bridgehead atoms. The molecule has 0 aliphatic heterocycles. The zero-order valence-electron chi connectivity index (χ0n) is 12.0. The summed E-state index contributed by atoms with van der Waals surface area (Å²) in [7, 11) is 0. The lowest BCUT2D eigenvalue weighted by atomic mass is 10.0. The maximum atomic E-state index is 9.23. The van der Waals surface area contributed by atoms with E-state index in [9.17, 15) is 5.11 Å². The summed E-state index contributed by atoms with van der Waals surface area (Å²) >= 11 is 6.19. The highest BCUT2D eigenvalue weighted by atomic mass is 35.5. The molecule has 3 nitrogen and oxygen atoms in total. The molecule has 0 radical (unpaired) electrons. The van der Waals surface area contributed by atoms with Crippen molar-refractivity contribution in [3.63, 3.8) is 0 Å². The third-order valence-corrected chi connectivity index (χ3v) is 4.60. The van der Waals surface area contributed by atoms with Crippen molar-refractivity contribution in [3.05, 3.63) is 34.9 Å². The average molecular weight is 297 g/mol. The number of halogens is 1. The molecule has 1 aliphatic rings. The van der Waals surface area contributed by atoms with Gasteiger partial charge in [0.15, 0.2) is 0 Å². The van der Waals surface area contributed by atoms with Crippen LogP contribution in [-0.4, -0.2) is 35.7 Å². The molecule has 1 unspecified atom stereocenters. The molecule has 4 heteroatoms. The molecular weight excluding hydrogens is 272 g/mol. The first-order valence-electron chi connectivity index (χ1n) is 7.57. The molecule has 0 amide bonds. The normalized spacial score (nSPS) is 17.8. The van der Waals surface area contributed by atoms with Crippen molar-refractivity contribution in [2.24, 2.45) is 5.73 Å². The van der Waals surface area contributed by atoms with E-state index < -0.39 is 0 Å². The lowest BCUT2D eigenvalue weighted by Crippen LogP contribution is -2.37. The summed E-state index contributed by atoms with van der Waals surface area (Å²) in [5, 5.41) is 9.97. The Morgan fingerprint density at radius 3 is 2.60 bits per heavy atom. The van der Waals surface area contributed by atoms with Crippen molar-refractivity contribution in [1.82, 2.24) is 4.90 Å². The molecule has 1 aromatic rings. The fourth-order valence-electron chi connectivity index (χ4n) is 3.11. The first kappa shape index (κ1) is 15.8. The van der Waals surface area contributed by atoms with Gasteiger partial charge in [0.1, 0.15) is 0 Å². The van der Waals surface area contributed by atoms with Crippen molar-refractivity contribution in [2.75, 3.05) is 19.7 Å². The standard InChI is InChI=1S/C16H25ClN2O/c17-15-8-4-3-7-14(15)16(18)9-10-19(11-12-20)13-5-1-2-6-13/h3-4,7-8,13,16,20H,1-2,5-6,9-12,18H2. The van der Waals surface area contributed by atoms with Crippen LogP contribution in [-0.2, 0) is 0 Å². The SMILES string of the molecule is NC(CCN(CCO)C1CCCC1)c1ccccc1Cl. The summed E-state index contributed by atoms with van der Waals surface area (Å²) in [6.45, 7) is 1.90. The molecule has 1 atom stereocenters. The van der Waals surface area contributed by atoms with Gasteiger partial charge >= 0.3 is 0 Å². The molecule has 1 fully saturated rings. The monoisotopic (exact) mass is 296 g/mol. The number of aliphatic hydroxyl groups excluding tert-OH is 1. The molecule has 0 aromatic heterocycles. The van der Waals surface area contributed by atoms with E-state index in [0.29, 0.717) is 6.04 Å². The fraction of sp³-hybridized carbons (Fsp3) is 0.625. The van der Waals surface area contributed by atoms with Crippen LogP contribution in [0.15, 0.2) is 24.3 Å². The van der Waals surface area contributed by atoms with Crippen molar-refractivity contribution in [3.8, 4) is 0 Å². The fourth-order valence-corrected chi connectivity index (χ4v) is 3.39.